The summed E-state index contributed by atoms with van der Waals surface area (Å²) in [6.45, 7) is 2.50. The first kappa shape index (κ1) is 16.8. The molecule has 0 radical (unpaired) electrons. The topological polar surface area (TPSA) is 75.3 Å². The molecule has 0 spiro atoms. The maximum absolute atomic E-state index is 13.4. The van der Waals surface area contributed by atoms with Crippen molar-refractivity contribution in [1.82, 2.24) is 14.3 Å². The highest BCUT2D eigenvalue weighted by Gasteiger charge is 2.38. The lowest BCUT2D eigenvalue weighted by molar-refractivity contribution is 0.254. The van der Waals surface area contributed by atoms with E-state index in [0.29, 0.717) is 11.4 Å². The van der Waals surface area contributed by atoms with Gasteiger partial charge in [-0.1, -0.05) is 12.1 Å². The standard InChI is InChI=1S/C20H21N3O3S/c1-13-11-14-12-15(8-9-19(14)26-13)27(24,25)23-10-4-7-18(23)20-21-16-5-2-3-6-17(16)22-20/h2-3,5-6,8-9,12-13,18H,4,7,10-11H2,1H3,(H,21,22). The van der Waals surface area contributed by atoms with Gasteiger partial charge in [0.05, 0.1) is 22.0 Å². The lowest BCUT2D eigenvalue weighted by Crippen LogP contribution is -2.31. The molecule has 0 aliphatic carbocycles. The van der Waals surface area contributed by atoms with Crippen molar-refractivity contribution >= 4 is 21.1 Å². The second-order valence-corrected chi connectivity index (χ2v) is 9.21. The van der Waals surface area contributed by atoms with E-state index in [2.05, 4.69) is 9.97 Å². The molecule has 0 amide bonds. The third-order valence-corrected chi connectivity index (χ3v) is 7.31. The van der Waals surface area contributed by atoms with E-state index in [1.54, 1.807) is 22.5 Å². The van der Waals surface area contributed by atoms with Crippen LogP contribution in [0.1, 0.15) is 37.2 Å². The molecule has 3 heterocycles. The molecular weight excluding hydrogens is 362 g/mol. The van der Waals surface area contributed by atoms with Gasteiger partial charge in [0.2, 0.25) is 10.0 Å². The highest BCUT2D eigenvalue weighted by atomic mass is 32.2. The van der Waals surface area contributed by atoms with Gasteiger partial charge in [0.25, 0.3) is 0 Å². The minimum atomic E-state index is -3.59. The molecule has 2 aromatic carbocycles. The molecule has 1 saturated heterocycles. The van der Waals surface area contributed by atoms with Crippen LogP contribution in [0, 0.1) is 0 Å². The Hall–Kier alpha value is -2.38. The van der Waals surface area contributed by atoms with E-state index in [0.717, 1.165) is 47.4 Å². The maximum Gasteiger partial charge on any atom is 0.243 e. The molecule has 7 heteroatoms. The van der Waals surface area contributed by atoms with E-state index in [1.807, 2.05) is 31.2 Å². The number of aromatic amines is 1. The molecule has 1 N–H and O–H groups in total. The van der Waals surface area contributed by atoms with Crippen molar-refractivity contribution in [2.24, 2.45) is 0 Å². The summed E-state index contributed by atoms with van der Waals surface area (Å²) < 4.78 is 34.0. The second kappa shape index (κ2) is 6.07. The monoisotopic (exact) mass is 383 g/mol. The number of hydrogen-bond acceptors (Lipinski definition) is 4. The summed E-state index contributed by atoms with van der Waals surface area (Å²) in [5.41, 5.74) is 2.75. The lowest BCUT2D eigenvalue weighted by atomic mass is 10.1. The van der Waals surface area contributed by atoms with Crippen molar-refractivity contribution in [3.05, 3.63) is 53.9 Å². The van der Waals surface area contributed by atoms with Crippen LogP contribution in [0.4, 0.5) is 0 Å². The van der Waals surface area contributed by atoms with E-state index in [9.17, 15) is 8.42 Å². The molecule has 140 valence electrons. The number of rotatable bonds is 3. The molecular formula is C20H21N3O3S. The normalized spacial score (nSPS) is 22.9. The van der Waals surface area contributed by atoms with Crippen molar-refractivity contribution in [2.45, 2.75) is 43.2 Å². The molecule has 5 rings (SSSR count). The number of benzene rings is 2. The van der Waals surface area contributed by atoms with Gasteiger partial charge in [-0.3, -0.25) is 0 Å². The fourth-order valence-corrected chi connectivity index (χ4v) is 5.84. The quantitative estimate of drug-likeness (QED) is 0.752. The lowest BCUT2D eigenvalue weighted by Gasteiger charge is -2.22. The average molecular weight is 383 g/mol. The first-order valence-corrected chi connectivity index (χ1v) is 10.7. The van der Waals surface area contributed by atoms with Gasteiger partial charge < -0.3 is 9.72 Å². The Morgan fingerprint density at radius 2 is 2.07 bits per heavy atom. The molecule has 6 nitrogen and oxygen atoms in total. The zero-order valence-corrected chi connectivity index (χ0v) is 15.9. The number of imidazole rings is 1. The van der Waals surface area contributed by atoms with Gasteiger partial charge in [-0.2, -0.15) is 4.31 Å². The van der Waals surface area contributed by atoms with Crippen LogP contribution in [-0.2, 0) is 16.4 Å². The number of sulfonamides is 1. The molecule has 2 atom stereocenters. The van der Waals surface area contributed by atoms with E-state index < -0.39 is 10.0 Å². The number of H-pyrrole nitrogens is 1. The summed E-state index contributed by atoms with van der Waals surface area (Å²) in [5.74, 6) is 1.51. The van der Waals surface area contributed by atoms with Crippen LogP contribution < -0.4 is 4.74 Å². The molecule has 3 aromatic rings. The van der Waals surface area contributed by atoms with Gasteiger partial charge in [0.1, 0.15) is 17.7 Å². The SMILES string of the molecule is CC1Cc2cc(S(=O)(=O)N3CCCC3c3nc4ccccc4[nH]3)ccc2O1. The molecule has 27 heavy (non-hydrogen) atoms. The Labute approximate surface area is 158 Å². The largest absolute Gasteiger partial charge is 0.490 e. The van der Waals surface area contributed by atoms with Crippen LogP contribution in [0.5, 0.6) is 5.75 Å². The van der Waals surface area contributed by atoms with E-state index in [4.69, 9.17) is 4.74 Å². The van der Waals surface area contributed by atoms with Gasteiger partial charge >= 0.3 is 0 Å². The summed E-state index contributed by atoms with van der Waals surface area (Å²) in [4.78, 5) is 8.27. The summed E-state index contributed by atoms with van der Waals surface area (Å²) in [5, 5.41) is 0. The third-order valence-electron chi connectivity index (χ3n) is 5.40. The van der Waals surface area contributed by atoms with Crippen molar-refractivity contribution in [2.75, 3.05) is 6.54 Å². The van der Waals surface area contributed by atoms with Gasteiger partial charge in [-0.25, -0.2) is 13.4 Å². The van der Waals surface area contributed by atoms with E-state index >= 15 is 0 Å². The van der Waals surface area contributed by atoms with Gasteiger partial charge in [-0.05, 0) is 55.7 Å². The van der Waals surface area contributed by atoms with Crippen molar-refractivity contribution in [3.8, 4) is 5.75 Å². The minimum absolute atomic E-state index is 0.0908. The number of para-hydroxylation sites is 2. The summed E-state index contributed by atoms with van der Waals surface area (Å²) in [7, 11) is -3.59. The average Bonchev–Trinajstić information content (AvgIpc) is 3.36. The Kier molecular flexibility index (Phi) is 3.77. The Bertz CT molecular complexity index is 1090. The van der Waals surface area contributed by atoms with Gasteiger partial charge in [0.15, 0.2) is 0 Å². The van der Waals surface area contributed by atoms with Gasteiger partial charge in [-0.15, -0.1) is 0 Å². The van der Waals surface area contributed by atoms with Crippen molar-refractivity contribution in [3.63, 3.8) is 0 Å². The van der Waals surface area contributed by atoms with Gasteiger partial charge in [0, 0.05) is 13.0 Å². The third kappa shape index (κ3) is 2.73. The zero-order chi connectivity index (χ0) is 18.6. The maximum atomic E-state index is 13.4. The highest BCUT2D eigenvalue weighted by Crippen LogP contribution is 2.38. The first-order chi connectivity index (χ1) is 13.0. The molecule has 2 unspecified atom stereocenters. The fourth-order valence-electron chi connectivity index (χ4n) is 4.13. The number of hydrogen-bond donors (Lipinski definition) is 1. The van der Waals surface area contributed by atoms with Crippen molar-refractivity contribution in [1.29, 1.82) is 0 Å². The first-order valence-electron chi connectivity index (χ1n) is 9.28. The number of aromatic nitrogens is 2. The second-order valence-electron chi connectivity index (χ2n) is 7.32. The smallest absolute Gasteiger partial charge is 0.243 e. The Morgan fingerprint density at radius 1 is 1.22 bits per heavy atom. The minimum Gasteiger partial charge on any atom is -0.490 e. The zero-order valence-electron chi connectivity index (χ0n) is 15.1. The fraction of sp³-hybridized carbons (Fsp3) is 0.350. The van der Waals surface area contributed by atoms with Crippen LogP contribution in [0.3, 0.4) is 0 Å². The number of fused-ring (bicyclic) bond motifs is 2. The van der Waals surface area contributed by atoms with Crippen molar-refractivity contribution < 1.29 is 13.2 Å². The van der Waals surface area contributed by atoms with Crippen LogP contribution >= 0.6 is 0 Å². The molecule has 1 fully saturated rings. The summed E-state index contributed by atoms with van der Waals surface area (Å²) in [6, 6.07) is 12.7. The summed E-state index contributed by atoms with van der Waals surface area (Å²) >= 11 is 0. The van der Waals surface area contributed by atoms with E-state index in [1.165, 1.54) is 0 Å². The molecule has 1 aromatic heterocycles. The predicted molar refractivity (Wildman–Crippen MR) is 102 cm³/mol. The molecule has 0 bridgehead atoms. The Balaban J connectivity index is 1.51. The highest BCUT2D eigenvalue weighted by molar-refractivity contribution is 7.89. The van der Waals surface area contributed by atoms with Crippen LogP contribution in [0.15, 0.2) is 47.4 Å². The predicted octanol–water partition coefficient (Wildman–Crippen LogP) is 3.41. The van der Waals surface area contributed by atoms with E-state index in [-0.39, 0.29) is 12.1 Å². The van der Waals surface area contributed by atoms with Crippen LogP contribution in [0.2, 0.25) is 0 Å². The molecule has 2 aliphatic rings. The van der Waals surface area contributed by atoms with Crippen LogP contribution in [-0.4, -0.2) is 35.3 Å². The number of nitrogens with zero attached hydrogens (tertiary/aromatic N) is 2. The number of nitrogens with one attached hydrogen (secondary N) is 1. The molecule has 2 aliphatic heterocycles. The summed E-state index contributed by atoms with van der Waals surface area (Å²) in [6.07, 6.45) is 2.43. The Morgan fingerprint density at radius 3 is 2.93 bits per heavy atom. The number of ether oxygens (including phenoxy) is 1. The van der Waals surface area contributed by atoms with Crippen LogP contribution in [0.25, 0.3) is 11.0 Å². The molecule has 0 saturated carbocycles.